The van der Waals surface area contributed by atoms with E-state index in [0.29, 0.717) is 6.42 Å². The van der Waals surface area contributed by atoms with Crippen LogP contribution in [0.3, 0.4) is 0 Å². The number of allylic oxidation sites excluding steroid dienone is 1. The fourth-order valence-corrected chi connectivity index (χ4v) is 5.83. The molecule has 0 radical (unpaired) electrons. The lowest BCUT2D eigenvalue weighted by Gasteiger charge is -2.21. The molecule has 256 valence electrons. The number of aliphatic hydroxyl groups is 3. The van der Waals surface area contributed by atoms with E-state index >= 15 is 0 Å². The second-order valence-electron chi connectivity index (χ2n) is 13.1. The Morgan fingerprint density at radius 1 is 0.558 bits per heavy atom. The minimum absolute atomic E-state index is 0.360. The third-order valence-electron chi connectivity index (χ3n) is 8.88. The number of rotatable bonds is 34. The zero-order valence-electron chi connectivity index (χ0n) is 28.8. The van der Waals surface area contributed by atoms with Gasteiger partial charge in [-0.05, 0) is 19.3 Å². The van der Waals surface area contributed by atoms with Gasteiger partial charge in [0, 0.05) is 0 Å². The van der Waals surface area contributed by atoms with Gasteiger partial charge in [0.05, 0.1) is 18.8 Å². The van der Waals surface area contributed by atoms with Crippen molar-refractivity contribution in [2.75, 3.05) is 6.61 Å². The molecule has 0 aromatic rings. The quantitative estimate of drug-likeness (QED) is 0.0432. The first-order valence-corrected chi connectivity index (χ1v) is 19.0. The summed E-state index contributed by atoms with van der Waals surface area (Å²) in [6.07, 6.45) is 37.9. The Labute approximate surface area is 268 Å². The van der Waals surface area contributed by atoms with Crippen molar-refractivity contribution in [3.8, 4) is 0 Å². The van der Waals surface area contributed by atoms with Gasteiger partial charge in [-0.1, -0.05) is 193 Å². The van der Waals surface area contributed by atoms with Gasteiger partial charge in [0.15, 0.2) is 0 Å². The average molecular weight is 610 g/mol. The molecule has 0 aromatic heterocycles. The van der Waals surface area contributed by atoms with Crippen LogP contribution in [0.1, 0.15) is 200 Å². The third-order valence-corrected chi connectivity index (χ3v) is 8.88. The molecule has 0 rings (SSSR count). The second-order valence-corrected chi connectivity index (χ2v) is 13.1. The molecule has 0 fully saturated rings. The maximum absolute atomic E-state index is 12.4. The summed E-state index contributed by atoms with van der Waals surface area (Å²) < 4.78 is 0. The van der Waals surface area contributed by atoms with Gasteiger partial charge in [-0.2, -0.15) is 0 Å². The summed E-state index contributed by atoms with van der Waals surface area (Å²) in [5, 5.41) is 33.0. The molecule has 5 heteroatoms. The van der Waals surface area contributed by atoms with E-state index in [1.165, 1.54) is 148 Å². The third kappa shape index (κ3) is 29.6. The highest BCUT2D eigenvalue weighted by molar-refractivity contribution is 5.80. The molecule has 0 saturated carbocycles. The highest BCUT2D eigenvalue weighted by Gasteiger charge is 2.22. The number of unbranched alkanes of at least 4 members (excludes halogenated alkanes) is 26. The molecular weight excluding hydrogens is 534 g/mol. The number of nitrogens with one attached hydrogen (secondary N) is 1. The zero-order valence-corrected chi connectivity index (χ0v) is 28.8. The van der Waals surface area contributed by atoms with Gasteiger partial charge in [-0.25, -0.2) is 0 Å². The van der Waals surface area contributed by atoms with Crippen molar-refractivity contribution in [1.82, 2.24) is 5.32 Å². The van der Waals surface area contributed by atoms with E-state index in [1.54, 1.807) is 6.08 Å². The SMILES string of the molecule is CCCCCCCCCCCCC/C=C/[C@@H](O)[C@H](CO)NC(=O)[C@@H](O)CCCCCCCCCCCCCCCCCC. The molecule has 43 heavy (non-hydrogen) atoms. The Bertz CT molecular complexity index is 596. The van der Waals surface area contributed by atoms with Gasteiger partial charge in [0.2, 0.25) is 5.91 Å². The first kappa shape index (κ1) is 42.1. The largest absolute Gasteiger partial charge is 0.394 e. The van der Waals surface area contributed by atoms with Crippen LogP contribution in [0, 0.1) is 0 Å². The fraction of sp³-hybridized carbons (Fsp3) is 0.921. The van der Waals surface area contributed by atoms with E-state index in [1.807, 2.05) is 6.08 Å². The van der Waals surface area contributed by atoms with Crippen LogP contribution in [-0.2, 0) is 4.79 Å². The first-order chi connectivity index (χ1) is 21.1. The van der Waals surface area contributed by atoms with Crippen molar-refractivity contribution in [2.45, 2.75) is 218 Å². The standard InChI is InChI=1S/C38H75NO4/c1-3-5-7-9-11-13-15-17-18-19-21-23-25-27-29-31-33-37(42)38(43)39-35(34-40)36(41)32-30-28-26-24-22-20-16-14-12-10-8-6-4-2/h30,32,35-37,40-42H,3-29,31,33-34H2,1-2H3,(H,39,43)/b32-30+/t35-,36+,37-/m0/s1. The monoisotopic (exact) mass is 610 g/mol. The smallest absolute Gasteiger partial charge is 0.249 e. The van der Waals surface area contributed by atoms with Crippen LogP contribution in [0.15, 0.2) is 12.2 Å². The summed E-state index contributed by atoms with van der Waals surface area (Å²) in [5.41, 5.74) is 0. The molecule has 0 aliphatic rings. The predicted molar refractivity (Wildman–Crippen MR) is 185 cm³/mol. The van der Waals surface area contributed by atoms with Crippen LogP contribution in [0.2, 0.25) is 0 Å². The molecule has 0 spiro atoms. The zero-order chi connectivity index (χ0) is 31.6. The van der Waals surface area contributed by atoms with Crippen molar-refractivity contribution < 1.29 is 20.1 Å². The predicted octanol–water partition coefficient (Wildman–Crippen LogP) is 10.1. The Kier molecular flexibility index (Phi) is 33.3. The van der Waals surface area contributed by atoms with Crippen LogP contribution in [0.25, 0.3) is 0 Å². The van der Waals surface area contributed by atoms with Crippen LogP contribution >= 0.6 is 0 Å². The van der Waals surface area contributed by atoms with E-state index in [0.717, 1.165) is 32.1 Å². The van der Waals surface area contributed by atoms with Gasteiger partial charge in [0.25, 0.3) is 0 Å². The van der Waals surface area contributed by atoms with E-state index < -0.39 is 24.2 Å². The molecule has 3 atom stereocenters. The van der Waals surface area contributed by atoms with Gasteiger partial charge in [0.1, 0.15) is 6.10 Å². The lowest BCUT2D eigenvalue weighted by atomic mass is 10.0. The summed E-state index contributed by atoms with van der Waals surface area (Å²) in [4.78, 5) is 12.4. The molecule has 4 N–H and O–H groups in total. The molecule has 5 nitrogen and oxygen atoms in total. The summed E-state index contributed by atoms with van der Waals surface area (Å²) in [6, 6.07) is -0.790. The maximum Gasteiger partial charge on any atom is 0.249 e. The molecule has 0 unspecified atom stereocenters. The lowest BCUT2D eigenvalue weighted by molar-refractivity contribution is -0.131. The number of carbonyl (C=O) groups excluding carboxylic acids is 1. The van der Waals surface area contributed by atoms with Gasteiger partial charge in [-0.3, -0.25) is 4.79 Å². The summed E-state index contributed by atoms with van der Waals surface area (Å²) in [5.74, 6) is -0.502. The van der Waals surface area contributed by atoms with Crippen molar-refractivity contribution in [3.05, 3.63) is 12.2 Å². The Balaban J connectivity index is 3.70. The van der Waals surface area contributed by atoms with E-state index in [9.17, 15) is 20.1 Å². The van der Waals surface area contributed by atoms with Crippen LogP contribution in [0.4, 0.5) is 0 Å². The van der Waals surface area contributed by atoms with Crippen LogP contribution in [-0.4, -0.2) is 46.1 Å². The van der Waals surface area contributed by atoms with E-state index in [4.69, 9.17) is 0 Å². The second kappa shape index (κ2) is 34.0. The van der Waals surface area contributed by atoms with Gasteiger partial charge in [-0.15, -0.1) is 0 Å². The Hall–Kier alpha value is -0.910. The molecule has 0 saturated heterocycles. The summed E-state index contributed by atoms with van der Waals surface area (Å²) in [6.45, 7) is 4.17. The number of amides is 1. The highest BCUT2D eigenvalue weighted by Crippen LogP contribution is 2.15. The van der Waals surface area contributed by atoms with Crippen molar-refractivity contribution in [3.63, 3.8) is 0 Å². The summed E-state index contributed by atoms with van der Waals surface area (Å²) >= 11 is 0. The topological polar surface area (TPSA) is 89.8 Å². The van der Waals surface area contributed by atoms with Crippen LogP contribution < -0.4 is 5.32 Å². The maximum atomic E-state index is 12.4. The Morgan fingerprint density at radius 3 is 1.28 bits per heavy atom. The lowest BCUT2D eigenvalue weighted by Crippen LogP contribution is -2.48. The summed E-state index contributed by atoms with van der Waals surface area (Å²) in [7, 11) is 0. The van der Waals surface area contributed by atoms with Crippen LogP contribution in [0.5, 0.6) is 0 Å². The molecule has 0 bridgehead atoms. The van der Waals surface area contributed by atoms with Crippen molar-refractivity contribution >= 4 is 5.91 Å². The number of aliphatic hydroxyl groups excluding tert-OH is 3. The van der Waals surface area contributed by atoms with E-state index in [-0.39, 0.29) is 6.61 Å². The van der Waals surface area contributed by atoms with Crippen molar-refractivity contribution in [1.29, 1.82) is 0 Å². The first-order valence-electron chi connectivity index (χ1n) is 19.0. The molecule has 0 aliphatic carbocycles. The van der Waals surface area contributed by atoms with Crippen molar-refractivity contribution in [2.24, 2.45) is 0 Å². The molecule has 0 heterocycles. The molecule has 1 amide bonds. The Morgan fingerprint density at radius 2 is 0.907 bits per heavy atom. The van der Waals surface area contributed by atoms with Gasteiger partial charge >= 0.3 is 0 Å². The minimum atomic E-state index is -1.09. The fourth-order valence-electron chi connectivity index (χ4n) is 5.83. The molecule has 0 aromatic carbocycles. The normalized spacial score (nSPS) is 13.9. The average Bonchev–Trinajstić information content (AvgIpc) is 3.01. The highest BCUT2D eigenvalue weighted by atomic mass is 16.3. The molecule has 0 aliphatic heterocycles. The number of hydrogen-bond donors (Lipinski definition) is 4. The number of carbonyl (C=O) groups is 1. The number of hydrogen-bond acceptors (Lipinski definition) is 4. The minimum Gasteiger partial charge on any atom is -0.394 e. The van der Waals surface area contributed by atoms with E-state index in [2.05, 4.69) is 19.2 Å². The van der Waals surface area contributed by atoms with Gasteiger partial charge < -0.3 is 20.6 Å². The molecular formula is C38H75NO4.